The number of amides is 1. The normalized spacial score (nSPS) is 13.7. The van der Waals surface area contributed by atoms with E-state index in [1.165, 1.54) is 347 Å². The van der Waals surface area contributed by atoms with Gasteiger partial charge in [0.25, 0.3) is 7.82 Å². The lowest BCUT2D eigenvalue weighted by Gasteiger charge is -2.29. The third-order valence-electron chi connectivity index (χ3n) is 18.3. The summed E-state index contributed by atoms with van der Waals surface area (Å²) in [4.78, 5) is 25.7. The van der Waals surface area contributed by atoms with Gasteiger partial charge in [0.05, 0.1) is 39.9 Å². The predicted octanol–water partition coefficient (Wildman–Crippen LogP) is 24.9. The molecule has 0 aromatic carbocycles. The van der Waals surface area contributed by atoms with E-state index in [1.807, 2.05) is 27.2 Å². The molecule has 0 saturated carbocycles. The summed E-state index contributed by atoms with van der Waals surface area (Å²) in [6.45, 7) is 4.69. The lowest BCUT2D eigenvalue weighted by Crippen LogP contribution is -2.45. The Morgan fingerprint density at radius 3 is 0.920 bits per heavy atom. The molecule has 8 nitrogen and oxygen atoms in total. The first-order valence-corrected chi connectivity index (χ1v) is 40.8. The number of aliphatic hydroxyl groups is 1. The van der Waals surface area contributed by atoms with Gasteiger partial charge < -0.3 is 28.8 Å². The monoisotopic (exact) mass is 1260 g/mol. The van der Waals surface area contributed by atoms with Crippen molar-refractivity contribution in [2.45, 2.75) is 424 Å². The number of hydrogen-bond acceptors (Lipinski definition) is 6. The Hall–Kier alpha value is -1.28. The van der Waals surface area contributed by atoms with Gasteiger partial charge in [0.1, 0.15) is 13.2 Å². The van der Waals surface area contributed by atoms with Crippen LogP contribution in [0.3, 0.4) is 0 Å². The van der Waals surface area contributed by atoms with Crippen molar-refractivity contribution in [2.75, 3.05) is 40.9 Å². The summed E-state index contributed by atoms with van der Waals surface area (Å²) in [6, 6.07) is -0.910. The molecule has 0 aromatic rings. The van der Waals surface area contributed by atoms with Crippen LogP contribution in [0.15, 0.2) is 36.5 Å². The topological polar surface area (TPSA) is 108 Å². The maximum atomic E-state index is 13.1. The number of unbranched alkanes of at least 4 members (excludes halogenated alkanes) is 57. The molecule has 0 aromatic heterocycles. The average Bonchev–Trinajstić information content (AvgIpc) is 3.64. The number of nitrogens with one attached hydrogen (secondary N) is 1. The van der Waals surface area contributed by atoms with E-state index in [1.54, 1.807) is 6.08 Å². The Balaban J connectivity index is 3.99. The summed E-state index contributed by atoms with van der Waals surface area (Å²) < 4.78 is 23.5. The number of carbonyl (C=O) groups is 1. The molecular formula is C79H155N2O6P. The van der Waals surface area contributed by atoms with E-state index >= 15 is 0 Å². The number of quaternary nitrogens is 1. The van der Waals surface area contributed by atoms with Crippen LogP contribution in [0.25, 0.3) is 0 Å². The first-order valence-electron chi connectivity index (χ1n) is 39.4. The Morgan fingerprint density at radius 2 is 0.636 bits per heavy atom. The number of rotatable bonds is 74. The van der Waals surface area contributed by atoms with Gasteiger partial charge >= 0.3 is 0 Å². The van der Waals surface area contributed by atoms with Gasteiger partial charge in [0.15, 0.2) is 0 Å². The number of likely N-dealkylation sites (N-methyl/N-ethyl adjacent to an activating group) is 1. The summed E-state index contributed by atoms with van der Waals surface area (Å²) >= 11 is 0. The van der Waals surface area contributed by atoms with Crippen LogP contribution in [0.5, 0.6) is 0 Å². The molecule has 9 heteroatoms. The molecule has 0 aliphatic rings. The molecular weight excluding hydrogens is 1100 g/mol. The Labute approximate surface area is 550 Å². The van der Waals surface area contributed by atoms with Gasteiger partial charge in [-0.1, -0.05) is 397 Å². The first kappa shape index (κ1) is 86.7. The van der Waals surface area contributed by atoms with Crippen molar-refractivity contribution in [3.63, 3.8) is 0 Å². The molecule has 0 rings (SSSR count). The van der Waals surface area contributed by atoms with Crippen molar-refractivity contribution in [3.8, 4) is 0 Å². The molecule has 0 saturated heterocycles. The molecule has 522 valence electrons. The third-order valence-corrected chi connectivity index (χ3v) is 19.3. The van der Waals surface area contributed by atoms with E-state index < -0.39 is 26.6 Å². The fourth-order valence-corrected chi connectivity index (χ4v) is 13.0. The van der Waals surface area contributed by atoms with Crippen LogP contribution in [-0.2, 0) is 18.4 Å². The minimum Gasteiger partial charge on any atom is -0.756 e. The average molecular weight is 1260 g/mol. The van der Waals surface area contributed by atoms with E-state index in [2.05, 4.69) is 43.5 Å². The maximum absolute atomic E-state index is 13.1. The standard InChI is InChI=1S/C79H155N2O6P/c1-6-8-10-12-14-16-18-20-22-24-26-28-30-32-34-36-37-38-39-40-41-42-43-45-47-49-51-53-55-57-59-61-63-65-67-69-71-73-79(83)80-77(76-87-88(84,85)86-75-74-81(3,4)5)78(82)72-70-68-66-64-62-60-58-56-54-52-50-48-46-44-35-33-31-29-27-25-23-21-19-17-15-13-11-9-7-2/h54,56,62,64,70,72,77-78,82H,6-53,55,57-61,63,65-69,71,73-76H2,1-5H3,(H-,80,83,84,85)/b56-54+,64-62+,72-70+. The smallest absolute Gasteiger partial charge is 0.268 e. The highest BCUT2D eigenvalue weighted by molar-refractivity contribution is 7.45. The molecule has 0 bridgehead atoms. The summed E-state index contributed by atoms with van der Waals surface area (Å²) in [5.74, 6) is -0.202. The summed E-state index contributed by atoms with van der Waals surface area (Å²) in [7, 11) is 1.25. The maximum Gasteiger partial charge on any atom is 0.268 e. The fourth-order valence-electron chi connectivity index (χ4n) is 12.3. The quantitative estimate of drug-likeness (QED) is 0.0272. The molecule has 2 N–H and O–H groups in total. The molecule has 0 aliphatic carbocycles. The zero-order valence-electron chi connectivity index (χ0n) is 60.0. The number of phosphoric ester groups is 1. The van der Waals surface area contributed by atoms with Crippen LogP contribution < -0.4 is 10.2 Å². The van der Waals surface area contributed by atoms with Gasteiger partial charge in [-0.25, -0.2) is 0 Å². The summed E-state index contributed by atoms with van der Waals surface area (Å²) in [6.07, 6.45) is 94.7. The second kappa shape index (κ2) is 70.0. The van der Waals surface area contributed by atoms with Crippen LogP contribution in [0.2, 0.25) is 0 Å². The highest BCUT2D eigenvalue weighted by Gasteiger charge is 2.23. The van der Waals surface area contributed by atoms with Crippen molar-refractivity contribution in [1.29, 1.82) is 0 Å². The van der Waals surface area contributed by atoms with E-state index in [9.17, 15) is 19.4 Å². The summed E-state index contributed by atoms with van der Waals surface area (Å²) in [5.41, 5.74) is 0. The van der Waals surface area contributed by atoms with Gasteiger partial charge in [-0.05, 0) is 44.9 Å². The SMILES string of the molecule is CCCCCCCCCCCCCCCCCCCCC/C=C/CC/C=C/CC/C=C/C(O)C(COP(=O)([O-])OCC[N+](C)(C)C)NC(=O)CCCCCCCCCCCCCCCCCCCCCCCCCCCCCCCCCCCCCCC. The molecule has 1 amide bonds. The number of hydrogen-bond donors (Lipinski definition) is 2. The number of allylic oxidation sites excluding steroid dienone is 5. The molecule has 0 aliphatic heterocycles. The van der Waals surface area contributed by atoms with Crippen molar-refractivity contribution < 1.29 is 32.9 Å². The van der Waals surface area contributed by atoms with Crippen LogP contribution >= 0.6 is 7.82 Å². The Bertz CT molecular complexity index is 1530. The number of aliphatic hydroxyl groups excluding tert-OH is 1. The Morgan fingerprint density at radius 1 is 0.386 bits per heavy atom. The number of phosphoric acid groups is 1. The highest BCUT2D eigenvalue weighted by atomic mass is 31.2. The minimum absolute atomic E-state index is 0.00696. The number of carbonyl (C=O) groups excluding carboxylic acids is 1. The lowest BCUT2D eigenvalue weighted by molar-refractivity contribution is -0.870. The van der Waals surface area contributed by atoms with Crippen LogP contribution in [0.4, 0.5) is 0 Å². The van der Waals surface area contributed by atoms with Gasteiger partial charge in [0, 0.05) is 6.42 Å². The van der Waals surface area contributed by atoms with Crippen molar-refractivity contribution >= 4 is 13.7 Å². The lowest BCUT2D eigenvalue weighted by atomic mass is 10.0. The number of nitrogens with zero attached hydrogens (tertiary/aromatic N) is 1. The van der Waals surface area contributed by atoms with Gasteiger partial charge in [-0.3, -0.25) is 9.36 Å². The van der Waals surface area contributed by atoms with Gasteiger partial charge in [-0.2, -0.15) is 0 Å². The van der Waals surface area contributed by atoms with E-state index in [-0.39, 0.29) is 12.5 Å². The zero-order valence-corrected chi connectivity index (χ0v) is 60.9. The van der Waals surface area contributed by atoms with Crippen LogP contribution in [-0.4, -0.2) is 68.5 Å². The zero-order chi connectivity index (χ0) is 64.1. The van der Waals surface area contributed by atoms with E-state index in [4.69, 9.17) is 9.05 Å². The predicted molar refractivity (Wildman–Crippen MR) is 385 cm³/mol. The van der Waals surface area contributed by atoms with Crippen molar-refractivity contribution in [3.05, 3.63) is 36.5 Å². The van der Waals surface area contributed by atoms with Crippen molar-refractivity contribution in [1.82, 2.24) is 5.32 Å². The Kier molecular flexibility index (Phi) is 69.0. The van der Waals surface area contributed by atoms with E-state index in [0.717, 1.165) is 44.9 Å². The second-order valence-corrected chi connectivity index (χ2v) is 29.8. The van der Waals surface area contributed by atoms with Crippen LogP contribution in [0, 0.1) is 0 Å². The van der Waals surface area contributed by atoms with Crippen molar-refractivity contribution in [2.24, 2.45) is 0 Å². The molecule has 0 fully saturated rings. The molecule has 88 heavy (non-hydrogen) atoms. The first-order chi connectivity index (χ1) is 43.0. The minimum atomic E-state index is -4.62. The van der Waals surface area contributed by atoms with Crippen LogP contribution in [0.1, 0.15) is 412 Å². The molecule has 0 radical (unpaired) electrons. The van der Waals surface area contributed by atoms with Gasteiger partial charge in [0.2, 0.25) is 5.91 Å². The summed E-state index contributed by atoms with van der Waals surface area (Å²) in [5, 5.41) is 14.0. The molecule has 3 unspecified atom stereocenters. The fraction of sp³-hybridized carbons (Fsp3) is 0.911. The van der Waals surface area contributed by atoms with E-state index in [0.29, 0.717) is 17.4 Å². The van der Waals surface area contributed by atoms with Gasteiger partial charge in [-0.15, -0.1) is 0 Å². The molecule has 3 atom stereocenters. The third kappa shape index (κ3) is 72.2. The second-order valence-electron chi connectivity index (χ2n) is 28.4. The molecule has 0 heterocycles. The largest absolute Gasteiger partial charge is 0.756 e. The molecule has 0 spiro atoms. The highest BCUT2D eigenvalue weighted by Crippen LogP contribution is 2.38.